The molecule has 0 fully saturated rings. The van der Waals surface area contributed by atoms with Gasteiger partial charge in [-0.3, -0.25) is 4.31 Å². The highest BCUT2D eigenvalue weighted by Gasteiger charge is 2.29. The van der Waals surface area contributed by atoms with E-state index in [0.29, 0.717) is 9.87 Å². The molecule has 1 aromatic rings. The molecule has 86 valence electrons. The van der Waals surface area contributed by atoms with Crippen molar-refractivity contribution in [3.8, 4) is 6.07 Å². The van der Waals surface area contributed by atoms with Gasteiger partial charge in [0.15, 0.2) is 0 Å². The fourth-order valence-corrected chi connectivity index (χ4v) is 1.67. The van der Waals surface area contributed by atoms with E-state index < -0.39 is 15.8 Å². The second kappa shape index (κ2) is 4.45. The summed E-state index contributed by atoms with van der Waals surface area (Å²) in [7, 11) is -3.60. The van der Waals surface area contributed by atoms with Gasteiger partial charge in [-0.2, -0.15) is 14.0 Å². The van der Waals surface area contributed by atoms with Gasteiger partial charge in [-0.15, -0.1) is 0 Å². The van der Waals surface area contributed by atoms with Gasteiger partial charge >= 0.3 is 5.76 Å². The fourth-order valence-electron chi connectivity index (χ4n) is 1.01. The van der Waals surface area contributed by atoms with Gasteiger partial charge < -0.3 is 0 Å². The SMILES string of the molecule is CN(c1ccc(C#N)cc1)S(=O)(=O)C(F)F. The molecule has 0 radical (unpaired) electrons. The Balaban J connectivity index is 3.07. The predicted molar refractivity (Wildman–Crippen MR) is 54.5 cm³/mol. The predicted octanol–water partition coefficient (Wildman–Crippen LogP) is 1.55. The summed E-state index contributed by atoms with van der Waals surface area (Å²) in [6, 6.07) is 7.13. The van der Waals surface area contributed by atoms with Crippen LogP contribution in [0.25, 0.3) is 0 Å². The average molecular weight is 246 g/mol. The summed E-state index contributed by atoms with van der Waals surface area (Å²) < 4.78 is 47.1. The van der Waals surface area contributed by atoms with Gasteiger partial charge in [-0.05, 0) is 24.3 Å². The largest absolute Gasteiger partial charge is 0.355 e. The molecule has 0 aliphatic heterocycles. The third-order valence-corrected chi connectivity index (χ3v) is 3.39. The Hall–Kier alpha value is -1.68. The van der Waals surface area contributed by atoms with Crippen LogP contribution in [0.3, 0.4) is 0 Å². The van der Waals surface area contributed by atoms with Crippen molar-refractivity contribution in [1.29, 1.82) is 5.26 Å². The monoisotopic (exact) mass is 246 g/mol. The van der Waals surface area contributed by atoms with Crippen molar-refractivity contribution < 1.29 is 17.2 Å². The first-order valence-electron chi connectivity index (χ1n) is 4.15. The van der Waals surface area contributed by atoms with Crippen LogP contribution in [0.2, 0.25) is 0 Å². The molecular weight excluding hydrogens is 238 g/mol. The van der Waals surface area contributed by atoms with Crippen LogP contribution < -0.4 is 4.31 Å². The lowest BCUT2D eigenvalue weighted by Gasteiger charge is -2.18. The van der Waals surface area contributed by atoms with Gasteiger partial charge in [0, 0.05) is 7.05 Å². The van der Waals surface area contributed by atoms with E-state index >= 15 is 0 Å². The van der Waals surface area contributed by atoms with E-state index in [0.717, 1.165) is 7.05 Å². The highest BCUT2D eigenvalue weighted by atomic mass is 32.2. The van der Waals surface area contributed by atoms with Crippen molar-refractivity contribution in [3.63, 3.8) is 0 Å². The number of benzene rings is 1. The van der Waals surface area contributed by atoms with Crippen LogP contribution in [0.1, 0.15) is 5.56 Å². The molecule has 0 aromatic heterocycles. The Kier molecular flexibility index (Phi) is 3.44. The number of hydrogen-bond acceptors (Lipinski definition) is 3. The van der Waals surface area contributed by atoms with Gasteiger partial charge in [0.25, 0.3) is 10.0 Å². The summed E-state index contributed by atoms with van der Waals surface area (Å²) in [5.74, 6) is -3.46. The normalized spacial score (nSPS) is 11.2. The van der Waals surface area contributed by atoms with Crippen LogP contribution in [-0.2, 0) is 10.0 Å². The minimum atomic E-state index is -4.63. The minimum Gasteiger partial charge on any atom is -0.269 e. The highest BCUT2D eigenvalue weighted by Crippen LogP contribution is 2.20. The number of nitriles is 1. The number of hydrogen-bond donors (Lipinski definition) is 0. The van der Waals surface area contributed by atoms with Crippen molar-refractivity contribution in [2.75, 3.05) is 11.4 Å². The molecule has 7 heteroatoms. The van der Waals surface area contributed by atoms with E-state index in [4.69, 9.17) is 5.26 Å². The smallest absolute Gasteiger partial charge is 0.269 e. The third-order valence-electron chi connectivity index (χ3n) is 1.97. The Labute approximate surface area is 91.8 Å². The van der Waals surface area contributed by atoms with Crippen molar-refractivity contribution in [1.82, 2.24) is 0 Å². The zero-order chi connectivity index (χ0) is 12.3. The number of sulfonamides is 1. The minimum absolute atomic E-state index is 0.0827. The van der Waals surface area contributed by atoms with Gasteiger partial charge in [0.1, 0.15) is 0 Å². The van der Waals surface area contributed by atoms with E-state index in [9.17, 15) is 17.2 Å². The molecule has 1 rings (SSSR count). The molecule has 0 heterocycles. The Bertz CT molecular complexity index is 505. The standard InChI is InChI=1S/C9H8F2N2O2S/c1-13(16(14,15)9(10)11)8-4-2-7(6-12)3-5-8/h2-5,9H,1H3. The highest BCUT2D eigenvalue weighted by molar-refractivity contribution is 7.93. The van der Waals surface area contributed by atoms with Crippen molar-refractivity contribution >= 4 is 15.7 Å². The molecule has 0 saturated heterocycles. The summed E-state index contributed by atoms with van der Waals surface area (Å²) in [5.41, 5.74) is 0.408. The molecule has 4 nitrogen and oxygen atoms in total. The van der Waals surface area contributed by atoms with E-state index in [1.807, 2.05) is 6.07 Å². The first kappa shape index (κ1) is 12.4. The van der Waals surface area contributed by atoms with Crippen LogP contribution in [-0.4, -0.2) is 21.2 Å². The molecule has 0 spiro atoms. The van der Waals surface area contributed by atoms with Gasteiger partial charge in [-0.1, -0.05) is 0 Å². The van der Waals surface area contributed by atoms with Gasteiger partial charge in [0.2, 0.25) is 0 Å². The van der Waals surface area contributed by atoms with Crippen molar-refractivity contribution in [2.45, 2.75) is 5.76 Å². The molecule has 0 N–H and O–H groups in total. The van der Waals surface area contributed by atoms with Crippen LogP contribution in [0.4, 0.5) is 14.5 Å². The van der Waals surface area contributed by atoms with Crippen LogP contribution in [0.15, 0.2) is 24.3 Å². The quantitative estimate of drug-likeness (QED) is 0.812. The lowest BCUT2D eigenvalue weighted by Crippen LogP contribution is -2.31. The first-order chi connectivity index (χ1) is 7.39. The summed E-state index contributed by atoms with van der Waals surface area (Å²) in [6.45, 7) is 0. The topological polar surface area (TPSA) is 61.2 Å². The number of alkyl halides is 2. The van der Waals surface area contributed by atoms with Crippen molar-refractivity contribution in [2.24, 2.45) is 0 Å². The Morgan fingerprint density at radius 3 is 2.19 bits per heavy atom. The summed E-state index contributed by atoms with van der Waals surface area (Å²) in [4.78, 5) is 0. The number of rotatable bonds is 3. The zero-order valence-corrected chi connectivity index (χ0v) is 9.08. The molecule has 16 heavy (non-hydrogen) atoms. The van der Waals surface area contributed by atoms with E-state index in [1.54, 1.807) is 0 Å². The summed E-state index contributed by atoms with van der Waals surface area (Å²) >= 11 is 0. The van der Waals surface area contributed by atoms with Gasteiger partial charge in [0.05, 0.1) is 17.3 Å². The molecular formula is C9H8F2N2O2S. The molecule has 0 saturated carbocycles. The van der Waals surface area contributed by atoms with E-state index in [-0.39, 0.29) is 5.69 Å². The average Bonchev–Trinajstić information content (AvgIpc) is 2.28. The molecule has 0 atom stereocenters. The summed E-state index contributed by atoms with van der Waals surface area (Å²) in [6.07, 6.45) is 0. The Morgan fingerprint density at radius 1 is 1.31 bits per heavy atom. The maximum atomic E-state index is 12.2. The fraction of sp³-hybridized carbons (Fsp3) is 0.222. The lowest BCUT2D eigenvalue weighted by molar-refractivity contribution is 0.234. The number of anilines is 1. The molecule has 0 aliphatic carbocycles. The van der Waals surface area contributed by atoms with Crippen LogP contribution in [0, 0.1) is 11.3 Å². The van der Waals surface area contributed by atoms with E-state index in [1.165, 1.54) is 24.3 Å². The second-order valence-electron chi connectivity index (χ2n) is 2.93. The first-order valence-corrected chi connectivity index (χ1v) is 5.66. The summed E-state index contributed by atoms with van der Waals surface area (Å²) in [5, 5.41) is 8.51. The number of nitrogens with zero attached hydrogens (tertiary/aromatic N) is 2. The van der Waals surface area contributed by atoms with Crippen LogP contribution >= 0.6 is 0 Å². The van der Waals surface area contributed by atoms with E-state index in [2.05, 4.69) is 0 Å². The maximum Gasteiger partial charge on any atom is 0.355 e. The molecule has 1 aromatic carbocycles. The third kappa shape index (κ3) is 2.28. The molecule has 0 amide bonds. The van der Waals surface area contributed by atoms with Crippen LogP contribution in [0.5, 0.6) is 0 Å². The molecule has 0 unspecified atom stereocenters. The lowest BCUT2D eigenvalue weighted by atomic mass is 10.2. The zero-order valence-electron chi connectivity index (χ0n) is 8.26. The second-order valence-corrected chi connectivity index (χ2v) is 4.87. The molecule has 0 aliphatic rings. The number of halogens is 2. The molecule has 0 bridgehead atoms. The van der Waals surface area contributed by atoms with Crippen molar-refractivity contribution in [3.05, 3.63) is 29.8 Å². The van der Waals surface area contributed by atoms with Gasteiger partial charge in [-0.25, -0.2) is 8.42 Å². The maximum absolute atomic E-state index is 12.2. The Morgan fingerprint density at radius 2 is 1.81 bits per heavy atom.